The van der Waals surface area contributed by atoms with Gasteiger partial charge >= 0.3 is 12.4 Å². The fourth-order valence-corrected chi connectivity index (χ4v) is 3.12. The van der Waals surface area contributed by atoms with Gasteiger partial charge in [-0.25, -0.2) is 0 Å². The zero-order valence-electron chi connectivity index (χ0n) is 10.3. The van der Waals surface area contributed by atoms with Crippen LogP contribution in [0.3, 0.4) is 0 Å². The average Bonchev–Trinajstić information content (AvgIpc) is 2.58. The number of piperidine rings is 1. The molecule has 110 valence electrons. The first-order valence-electron chi connectivity index (χ1n) is 6.25. The van der Waals surface area contributed by atoms with Crippen molar-refractivity contribution in [3.63, 3.8) is 0 Å². The van der Waals surface area contributed by atoms with Crippen molar-refractivity contribution in [3.05, 3.63) is 28.8 Å². The normalized spacial score (nSPS) is 22.1. The van der Waals surface area contributed by atoms with Crippen LogP contribution >= 0.6 is 0 Å². The molecule has 20 heavy (non-hydrogen) atoms. The highest BCUT2D eigenvalue weighted by molar-refractivity contribution is 5.64. The first kappa shape index (κ1) is 13.6. The summed E-state index contributed by atoms with van der Waals surface area (Å²) >= 11 is 0. The maximum Gasteiger partial charge on any atom is 0.417 e. The van der Waals surface area contributed by atoms with Crippen molar-refractivity contribution >= 4 is 5.69 Å². The van der Waals surface area contributed by atoms with Crippen LogP contribution in [0.25, 0.3) is 0 Å². The molecule has 2 aliphatic rings. The van der Waals surface area contributed by atoms with Crippen LogP contribution in [-0.4, -0.2) is 13.1 Å². The number of rotatable bonds is 0. The molecule has 0 amide bonds. The van der Waals surface area contributed by atoms with Gasteiger partial charge in [-0.3, -0.25) is 0 Å². The fourth-order valence-electron chi connectivity index (χ4n) is 3.12. The summed E-state index contributed by atoms with van der Waals surface area (Å²) in [6.07, 6.45) is -8.47. The van der Waals surface area contributed by atoms with Crippen LogP contribution in [0.2, 0.25) is 0 Å². The second-order valence-electron chi connectivity index (χ2n) is 5.24. The second kappa shape index (κ2) is 4.05. The molecule has 3 rings (SSSR count). The van der Waals surface area contributed by atoms with E-state index < -0.39 is 23.5 Å². The summed E-state index contributed by atoms with van der Waals surface area (Å²) in [7, 11) is 0. The number of anilines is 1. The Bertz CT molecular complexity index is 498. The van der Waals surface area contributed by atoms with Gasteiger partial charge in [-0.1, -0.05) is 0 Å². The second-order valence-corrected chi connectivity index (χ2v) is 5.24. The minimum Gasteiger partial charge on any atom is -0.371 e. The molecule has 0 aromatic heterocycles. The third-order valence-corrected chi connectivity index (χ3v) is 3.98. The van der Waals surface area contributed by atoms with Crippen molar-refractivity contribution in [2.45, 2.75) is 31.1 Å². The molecule has 1 saturated heterocycles. The molecule has 0 N–H and O–H groups in total. The number of alkyl halides is 6. The average molecular weight is 295 g/mol. The van der Waals surface area contributed by atoms with E-state index >= 15 is 0 Å². The molecule has 0 radical (unpaired) electrons. The van der Waals surface area contributed by atoms with Gasteiger partial charge in [-0.15, -0.1) is 0 Å². The van der Waals surface area contributed by atoms with Crippen LogP contribution in [0.5, 0.6) is 0 Å². The molecule has 1 unspecified atom stereocenters. The fraction of sp³-hybridized carbons (Fsp3) is 0.538. The minimum atomic E-state index is -5.00. The van der Waals surface area contributed by atoms with Gasteiger partial charge < -0.3 is 4.90 Å². The van der Waals surface area contributed by atoms with Crippen molar-refractivity contribution in [1.82, 2.24) is 0 Å². The Balaban J connectivity index is 2.21. The van der Waals surface area contributed by atoms with E-state index in [2.05, 4.69) is 0 Å². The molecule has 2 aliphatic heterocycles. The third kappa shape index (κ3) is 2.03. The summed E-state index contributed by atoms with van der Waals surface area (Å²) in [6.45, 7) is 1.13. The maximum atomic E-state index is 12.9. The van der Waals surface area contributed by atoms with Gasteiger partial charge in [-0.2, -0.15) is 26.3 Å². The van der Waals surface area contributed by atoms with Crippen LogP contribution in [-0.2, 0) is 12.4 Å². The van der Waals surface area contributed by atoms with Crippen molar-refractivity contribution in [1.29, 1.82) is 0 Å². The lowest BCUT2D eigenvalue weighted by atomic mass is 9.92. The molecule has 1 aromatic carbocycles. The monoisotopic (exact) mass is 295 g/mol. The molecule has 2 heterocycles. The summed E-state index contributed by atoms with van der Waals surface area (Å²) in [5.74, 6) is -0.0814. The molecule has 2 bridgehead atoms. The molecular formula is C13H11F6N. The van der Waals surface area contributed by atoms with Crippen LogP contribution in [0.15, 0.2) is 12.1 Å². The van der Waals surface area contributed by atoms with Crippen molar-refractivity contribution in [3.8, 4) is 0 Å². The quantitative estimate of drug-likeness (QED) is 0.640. The highest BCUT2D eigenvalue weighted by Gasteiger charge is 2.46. The van der Waals surface area contributed by atoms with E-state index in [1.807, 2.05) is 0 Å². The zero-order chi connectivity index (χ0) is 14.7. The predicted octanol–water partition coefficient (Wildman–Crippen LogP) is 4.42. The van der Waals surface area contributed by atoms with E-state index in [4.69, 9.17) is 0 Å². The van der Waals surface area contributed by atoms with Crippen molar-refractivity contribution < 1.29 is 26.3 Å². The van der Waals surface area contributed by atoms with Gasteiger partial charge in [0.05, 0.1) is 11.1 Å². The Morgan fingerprint density at radius 2 is 1.55 bits per heavy atom. The number of fused-ring (bicyclic) bond motifs is 5. The van der Waals surface area contributed by atoms with Crippen molar-refractivity contribution in [2.24, 2.45) is 0 Å². The van der Waals surface area contributed by atoms with Gasteiger partial charge in [-0.05, 0) is 30.5 Å². The number of halogens is 6. The smallest absolute Gasteiger partial charge is 0.371 e. The van der Waals surface area contributed by atoms with E-state index in [9.17, 15) is 26.3 Å². The van der Waals surface area contributed by atoms with Crippen LogP contribution in [0, 0.1) is 0 Å². The van der Waals surface area contributed by atoms with E-state index in [1.54, 1.807) is 4.90 Å². The summed E-state index contributed by atoms with van der Waals surface area (Å²) < 4.78 is 77.2. The van der Waals surface area contributed by atoms with Crippen LogP contribution < -0.4 is 4.90 Å². The van der Waals surface area contributed by atoms with E-state index in [1.165, 1.54) is 0 Å². The Labute approximate surface area is 111 Å². The van der Waals surface area contributed by atoms with E-state index in [0.717, 1.165) is 12.8 Å². The molecule has 0 saturated carbocycles. The minimum absolute atomic E-state index is 0.0814. The molecule has 0 aliphatic carbocycles. The van der Waals surface area contributed by atoms with Gasteiger partial charge in [0.25, 0.3) is 0 Å². The summed E-state index contributed by atoms with van der Waals surface area (Å²) in [5, 5.41) is 0. The zero-order valence-corrected chi connectivity index (χ0v) is 10.3. The van der Waals surface area contributed by atoms with Crippen LogP contribution in [0.4, 0.5) is 32.0 Å². The molecule has 7 heteroatoms. The lowest BCUT2D eigenvalue weighted by Gasteiger charge is -2.24. The SMILES string of the molecule is FC(F)(F)c1cc2c(cc1C(F)(F)F)N1CCCC2C1. The Hall–Kier alpha value is -1.40. The first-order chi connectivity index (χ1) is 9.18. The first-order valence-corrected chi connectivity index (χ1v) is 6.25. The standard InChI is InChI=1S/C13H11F6N/c14-12(15,16)9-4-8-7-2-1-3-20(6-7)11(8)5-10(9)13(17,18)19/h4-5,7H,1-3,6H2. The molecular weight excluding hydrogens is 284 g/mol. The van der Waals surface area contributed by atoms with E-state index in [0.29, 0.717) is 36.5 Å². The number of hydrogen-bond donors (Lipinski definition) is 0. The number of benzene rings is 1. The Morgan fingerprint density at radius 3 is 2.15 bits per heavy atom. The number of nitrogens with zero attached hydrogens (tertiary/aromatic N) is 1. The lowest BCUT2D eigenvalue weighted by molar-refractivity contribution is -0.162. The van der Waals surface area contributed by atoms with Gasteiger partial charge in [0.2, 0.25) is 0 Å². The summed E-state index contributed by atoms with van der Waals surface area (Å²) in [4.78, 5) is 1.75. The summed E-state index contributed by atoms with van der Waals surface area (Å²) in [5.41, 5.74) is -2.44. The Morgan fingerprint density at radius 1 is 0.950 bits per heavy atom. The van der Waals surface area contributed by atoms with E-state index in [-0.39, 0.29) is 5.92 Å². The number of hydrogen-bond acceptors (Lipinski definition) is 1. The molecule has 1 fully saturated rings. The van der Waals surface area contributed by atoms with Gasteiger partial charge in [0.15, 0.2) is 0 Å². The molecule has 1 aromatic rings. The highest BCUT2D eigenvalue weighted by Crippen LogP contribution is 2.49. The topological polar surface area (TPSA) is 3.24 Å². The Kier molecular flexibility index (Phi) is 2.75. The molecule has 0 spiro atoms. The molecule has 1 atom stereocenters. The predicted molar refractivity (Wildman–Crippen MR) is 60.6 cm³/mol. The van der Waals surface area contributed by atoms with Gasteiger partial charge in [0, 0.05) is 24.7 Å². The van der Waals surface area contributed by atoms with Crippen LogP contribution in [0.1, 0.15) is 35.4 Å². The summed E-state index contributed by atoms with van der Waals surface area (Å²) in [6, 6.07) is 1.37. The van der Waals surface area contributed by atoms with Gasteiger partial charge in [0.1, 0.15) is 0 Å². The third-order valence-electron chi connectivity index (χ3n) is 3.98. The largest absolute Gasteiger partial charge is 0.417 e. The van der Waals surface area contributed by atoms with Crippen molar-refractivity contribution in [2.75, 3.05) is 18.0 Å². The lowest BCUT2D eigenvalue weighted by Crippen LogP contribution is -2.27. The maximum absolute atomic E-state index is 12.9. The highest BCUT2D eigenvalue weighted by atomic mass is 19.4. The molecule has 1 nitrogen and oxygen atoms in total.